The van der Waals surface area contributed by atoms with Crippen LogP contribution >= 0.6 is 0 Å². The Morgan fingerprint density at radius 2 is 1.43 bits per heavy atom. The second kappa shape index (κ2) is 5.88. The molecule has 6 saturated carbocycles. The number of hydrogen-bond acceptors (Lipinski definition) is 5. The normalized spacial score (nSPS) is 49.1. The number of ketones is 1. The number of carbonyl (C=O) groups excluding carboxylic acids is 1. The zero-order valence-corrected chi connectivity index (χ0v) is 19.3. The van der Waals surface area contributed by atoms with Crippen LogP contribution in [-0.2, 0) is 25.0 Å². The Bertz CT molecular complexity index is 998. The highest BCUT2D eigenvalue weighted by molar-refractivity contribution is 7.86. The van der Waals surface area contributed by atoms with E-state index in [1.54, 1.807) is 0 Å². The molecule has 2 N–H and O–H groups in total. The average molecular weight is 461 g/mol. The highest BCUT2D eigenvalue weighted by Crippen LogP contribution is 2.76. The van der Waals surface area contributed by atoms with Crippen LogP contribution in [0.4, 0.5) is 0 Å². The summed E-state index contributed by atoms with van der Waals surface area (Å²) in [6.07, 6.45) is 6.32. The molecule has 0 amide bonds. The molecular formula is C21H32O7S2. The van der Waals surface area contributed by atoms with Gasteiger partial charge in [-0.1, -0.05) is 13.8 Å². The summed E-state index contributed by atoms with van der Waals surface area (Å²) in [6, 6.07) is 0. The highest BCUT2D eigenvalue weighted by Gasteiger charge is 2.73. The Balaban J connectivity index is 1.54. The van der Waals surface area contributed by atoms with Gasteiger partial charge >= 0.3 is 0 Å². The van der Waals surface area contributed by atoms with Crippen molar-refractivity contribution in [2.24, 2.45) is 45.3 Å². The van der Waals surface area contributed by atoms with Gasteiger partial charge in [-0.25, -0.2) is 0 Å². The van der Waals surface area contributed by atoms with Crippen molar-refractivity contribution in [1.29, 1.82) is 0 Å². The molecular weight excluding hydrogens is 428 g/mol. The Morgan fingerprint density at radius 1 is 0.867 bits per heavy atom. The van der Waals surface area contributed by atoms with Crippen LogP contribution in [0.15, 0.2) is 0 Å². The third-order valence-corrected chi connectivity index (χ3v) is 11.9. The molecule has 0 radical (unpaired) electrons. The molecule has 170 valence electrons. The number of hydrogen-bond donors (Lipinski definition) is 2. The van der Waals surface area contributed by atoms with E-state index in [0.717, 1.165) is 38.5 Å². The van der Waals surface area contributed by atoms with Crippen molar-refractivity contribution in [2.45, 2.75) is 65.2 Å². The van der Waals surface area contributed by atoms with Crippen molar-refractivity contribution in [3.8, 4) is 0 Å². The first-order chi connectivity index (χ1) is 13.6. The van der Waals surface area contributed by atoms with Crippen LogP contribution in [0.25, 0.3) is 0 Å². The van der Waals surface area contributed by atoms with Gasteiger partial charge in [-0.05, 0) is 84.9 Å². The third-order valence-electron chi connectivity index (χ3n) is 10.1. The van der Waals surface area contributed by atoms with Gasteiger partial charge in [0.25, 0.3) is 20.2 Å². The molecule has 6 fully saturated rings. The molecule has 0 saturated heterocycles. The maximum Gasteiger partial charge on any atom is 0.265 e. The molecule has 5 unspecified atom stereocenters. The van der Waals surface area contributed by atoms with Gasteiger partial charge in [0.15, 0.2) is 0 Å². The molecule has 5 atom stereocenters. The summed E-state index contributed by atoms with van der Waals surface area (Å²) >= 11 is 0. The molecule has 7 nitrogen and oxygen atoms in total. The molecule has 6 bridgehead atoms. The van der Waals surface area contributed by atoms with Gasteiger partial charge in [0, 0.05) is 6.42 Å². The third kappa shape index (κ3) is 2.90. The van der Waals surface area contributed by atoms with Crippen molar-refractivity contribution in [2.75, 3.05) is 11.5 Å². The molecule has 9 heteroatoms. The van der Waals surface area contributed by atoms with Crippen molar-refractivity contribution in [3.05, 3.63) is 0 Å². The fourth-order valence-corrected chi connectivity index (χ4v) is 12.1. The fraction of sp³-hybridized carbons (Fsp3) is 0.952. The largest absolute Gasteiger partial charge is 0.299 e. The summed E-state index contributed by atoms with van der Waals surface area (Å²) in [4.78, 5) is 13.0. The van der Waals surface area contributed by atoms with Gasteiger partial charge in [0.05, 0.1) is 16.9 Å². The second-order valence-electron chi connectivity index (χ2n) is 12.1. The predicted molar refractivity (Wildman–Crippen MR) is 110 cm³/mol. The molecule has 0 spiro atoms. The summed E-state index contributed by atoms with van der Waals surface area (Å²) in [5.74, 6) is 0.308. The van der Waals surface area contributed by atoms with Crippen LogP contribution in [0.2, 0.25) is 0 Å². The smallest absolute Gasteiger partial charge is 0.265 e. The SMILES string of the molecule is CC1(C)C2CC(=O)C1(CS(=O)(=O)O)CC2C12CC3CC(CC(CS(=O)(=O)O)(C3)C1)C2. The Hall–Kier alpha value is -0.510. The molecule has 6 aliphatic carbocycles. The zero-order valence-electron chi connectivity index (χ0n) is 17.6. The molecule has 6 rings (SSSR count). The maximum absolute atomic E-state index is 13.0. The maximum atomic E-state index is 13.0. The first-order valence-electron chi connectivity index (χ1n) is 11.0. The van der Waals surface area contributed by atoms with Crippen molar-refractivity contribution >= 4 is 26.0 Å². The predicted octanol–water partition coefficient (Wildman–Crippen LogP) is 2.97. The summed E-state index contributed by atoms with van der Waals surface area (Å²) in [5.41, 5.74) is -2.08. The number of rotatable bonds is 5. The van der Waals surface area contributed by atoms with E-state index in [0.29, 0.717) is 24.7 Å². The lowest BCUT2D eigenvalue weighted by Crippen LogP contribution is -2.57. The van der Waals surface area contributed by atoms with E-state index in [1.807, 2.05) is 13.8 Å². The van der Waals surface area contributed by atoms with Gasteiger partial charge < -0.3 is 0 Å². The molecule has 6 aliphatic rings. The van der Waals surface area contributed by atoms with Gasteiger partial charge in [0.2, 0.25) is 0 Å². The van der Waals surface area contributed by atoms with Crippen LogP contribution in [0.1, 0.15) is 65.2 Å². The van der Waals surface area contributed by atoms with E-state index in [4.69, 9.17) is 0 Å². The monoisotopic (exact) mass is 460 g/mol. The quantitative estimate of drug-likeness (QED) is 0.604. The molecule has 0 aromatic carbocycles. The number of carbonyl (C=O) groups is 1. The summed E-state index contributed by atoms with van der Waals surface area (Å²) in [5, 5.41) is 0. The standard InChI is InChI=1S/C21H32O7S2/c1-18(2)15-4-17(22)21(18,12-30(26,27)28)9-16(15)20-7-13-3-14(8-20)6-19(5-13,10-20)11-29(23,24)25/h13-16H,3-12H2,1-2H3,(H,23,24,25)(H,26,27,28). The lowest BCUT2D eigenvalue weighted by molar-refractivity contribution is -0.146. The van der Waals surface area contributed by atoms with Gasteiger partial charge in [0.1, 0.15) is 5.78 Å². The van der Waals surface area contributed by atoms with E-state index in [1.165, 1.54) is 0 Å². The molecule has 30 heavy (non-hydrogen) atoms. The lowest BCUT2D eigenvalue weighted by atomic mass is 9.41. The van der Waals surface area contributed by atoms with Crippen LogP contribution in [0.5, 0.6) is 0 Å². The minimum absolute atomic E-state index is 0.0470. The second-order valence-corrected chi connectivity index (χ2v) is 15.0. The van der Waals surface area contributed by atoms with Gasteiger partial charge in [-0.3, -0.25) is 13.9 Å². The molecule has 0 aliphatic heterocycles. The molecule has 0 heterocycles. The van der Waals surface area contributed by atoms with E-state index in [-0.39, 0.29) is 28.8 Å². The van der Waals surface area contributed by atoms with Crippen LogP contribution in [-0.4, -0.2) is 43.2 Å². The lowest BCUT2D eigenvalue weighted by Gasteiger charge is -2.65. The Morgan fingerprint density at radius 3 is 1.97 bits per heavy atom. The summed E-state index contributed by atoms with van der Waals surface area (Å²) < 4.78 is 66.7. The van der Waals surface area contributed by atoms with E-state index in [9.17, 15) is 30.7 Å². The van der Waals surface area contributed by atoms with E-state index in [2.05, 4.69) is 0 Å². The number of Topliss-reactive ketones (excluding diaryl/α,β-unsaturated/α-hetero) is 1. The number of fused-ring (bicyclic) bond motifs is 2. The van der Waals surface area contributed by atoms with Crippen LogP contribution in [0, 0.1) is 45.3 Å². The fourth-order valence-electron chi connectivity index (χ4n) is 9.70. The van der Waals surface area contributed by atoms with E-state index < -0.39 is 42.2 Å². The van der Waals surface area contributed by atoms with Crippen molar-refractivity contribution < 1.29 is 30.7 Å². The first-order valence-corrected chi connectivity index (χ1v) is 14.2. The van der Waals surface area contributed by atoms with E-state index >= 15 is 0 Å². The van der Waals surface area contributed by atoms with Crippen LogP contribution in [0.3, 0.4) is 0 Å². The highest BCUT2D eigenvalue weighted by atomic mass is 32.2. The van der Waals surface area contributed by atoms with Crippen molar-refractivity contribution in [1.82, 2.24) is 0 Å². The summed E-state index contributed by atoms with van der Waals surface area (Å²) in [6.45, 7) is 3.95. The molecule has 0 aromatic rings. The minimum atomic E-state index is -4.30. The Labute approximate surface area is 178 Å². The first kappa shape index (κ1) is 21.3. The topological polar surface area (TPSA) is 126 Å². The zero-order chi connectivity index (χ0) is 22.0. The average Bonchev–Trinajstić information content (AvgIpc) is 2.81. The Kier molecular flexibility index (Phi) is 4.19. The minimum Gasteiger partial charge on any atom is -0.299 e. The van der Waals surface area contributed by atoms with Crippen LogP contribution < -0.4 is 0 Å². The van der Waals surface area contributed by atoms with Gasteiger partial charge in [-0.15, -0.1) is 0 Å². The molecule has 0 aromatic heterocycles. The summed E-state index contributed by atoms with van der Waals surface area (Å²) in [7, 11) is -8.39. The van der Waals surface area contributed by atoms with Gasteiger partial charge in [-0.2, -0.15) is 16.8 Å². The van der Waals surface area contributed by atoms with Crippen molar-refractivity contribution in [3.63, 3.8) is 0 Å².